The van der Waals surface area contributed by atoms with Crippen LogP contribution >= 0.6 is 0 Å². The first kappa shape index (κ1) is 14.0. The number of rotatable bonds is 3. The lowest BCUT2D eigenvalue weighted by molar-refractivity contribution is -0.665. The molecule has 2 N–H and O–H groups in total. The minimum Gasteiger partial charge on any atom is -0.468 e. The Hall–Kier alpha value is -1.44. The molecule has 1 aromatic carbocycles. The second kappa shape index (κ2) is 5.68. The topological polar surface area (TPSA) is 80.3 Å². The van der Waals surface area contributed by atoms with Crippen molar-refractivity contribution >= 4 is 16.0 Å². The number of esters is 1. The van der Waals surface area contributed by atoms with Gasteiger partial charge in [-0.3, -0.25) is 4.79 Å². The van der Waals surface area contributed by atoms with Crippen molar-refractivity contribution in [1.29, 1.82) is 0 Å². The summed E-state index contributed by atoms with van der Waals surface area (Å²) < 4.78 is 31.0. The highest BCUT2D eigenvalue weighted by atomic mass is 32.2. The van der Waals surface area contributed by atoms with Gasteiger partial charge in [-0.15, -0.1) is 0 Å². The van der Waals surface area contributed by atoms with Gasteiger partial charge >= 0.3 is 5.97 Å². The number of ether oxygens (including phenoxy) is 1. The van der Waals surface area contributed by atoms with Gasteiger partial charge < -0.3 is 10.1 Å². The lowest BCUT2D eigenvalue weighted by atomic mass is 10.2. The molecule has 0 saturated carbocycles. The molecule has 1 aromatic rings. The van der Waals surface area contributed by atoms with E-state index in [-0.39, 0.29) is 4.90 Å². The minimum atomic E-state index is -3.65. The molecule has 0 unspecified atom stereocenters. The van der Waals surface area contributed by atoms with E-state index in [9.17, 15) is 13.2 Å². The average molecular weight is 285 g/mol. The molecule has 0 bridgehead atoms. The van der Waals surface area contributed by atoms with E-state index in [0.717, 1.165) is 0 Å². The Balaban J connectivity index is 2.35. The monoisotopic (exact) mass is 285 g/mol. The Morgan fingerprint density at radius 2 is 2.05 bits per heavy atom. The van der Waals surface area contributed by atoms with Crippen LogP contribution in [0.5, 0.6) is 0 Å². The van der Waals surface area contributed by atoms with Crippen LogP contribution in [0.1, 0.15) is 0 Å². The van der Waals surface area contributed by atoms with E-state index >= 15 is 0 Å². The molecule has 104 valence electrons. The number of piperazine rings is 1. The van der Waals surface area contributed by atoms with Crippen molar-refractivity contribution in [3.05, 3.63) is 30.3 Å². The van der Waals surface area contributed by atoms with Crippen LogP contribution < -0.4 is 5.32 Å². The van der Waals surface area contributed by atoms with E-state index in [0.29, 0.717) is 19.6 Å². The number of nitrogens with zero attached hydrogens (tertiary/aromatic N) is 1. The van der Waals surface area contributed by atoms with Crippen molar-refractivity contribution in [2.75, 3.05) is 26.7 Å². The molecular formula is C12H17N2O4S+. The number of hydrogen-bond donors (Lipinski definition) is 1. The highest BCUT2D eigenvalue weighted by Crippen LogP contribution is 2.18. The molecular weight excluding hydrogens is 268 g/mol. The van der Waals surface area contributed by atoms with E-state index in [4.69, 9.17) is 0 Å². The average Bonchev–Trinajstić information content (AvgIpc) is 2.47. The van der Waals surface area contributed by atoms with E-state index in [1.54, 1.807) is 18.2 Å². The van der Waals surface area contributed by atoms with Gasteiger partial charge in [-0.05, 0) is 12.1 Å². The molecule has 19 heavy (non-hydrogen) atoms. The number of sulfonamides is 1. The van der Waals surface area contributed by atoms with E-state index in [2.05, 4.69) is 4.74 Å². The lowest BCUT2D eigenvalue weighted by Crippen LogP contribution is -2.92. The molecule has 0 aromatic heterocycles. The Kier molecular flexibility index (Phi) is 4.18. The van der Waals surface area contributed by atoms with Gasteiger partial charge in [0.25, 0.3) is 0 Å². The van der Waals surface area contributed by atoms with Crippen molar-refractivity contribution in [2.45, 2.75) is 10.9 Å². The van der Waals surface area contributed by atoms with Crippen LogP contribution in [0.2, 0.25) is 0 Å². The fourth-order valence-electron chi connectivity index (χ4n) is 2.13. The van der Waals surface area contributed by atoms with Gasteiger partial charge in [-0.25, -0.2) is 8.42 Å². The predicted molar refractivity (Wildman–Crippen MR) is 67.8 cm³/mol. The van der Waals surface area contributed by atoms with Gasteiger partial charge in [0, 0.05) is 0 Å². The Bertz CT molecular complexity index is 544. The van der Waals surface area contributed by atoms with Crippen LogP contribution in [0.4, 0.5) is 0 Å². The van der Waals surface area contributed by atoms with Crippen LogP contribution in [0.15, 0.2) is 35.2 Å². The van der Waals surface area contributed by atoms with Gasteiger partial charge in [0.2, 0.25) is 10.0 Å². The fraction of sp³-hybridized carbons (Fsp3) is 0.417. The quantitative estimate of drug-likeness (QED) is 0.707. The van der Waals surface area contributed by atoms with Crippen LogP contribution in [-0.4, -0.2) is 51.5 Å². The molecule has 6 nitrogen and oxygen atoms in total. The standard InChI is InChI=1S/C12H16N2O4S/c1-18-12(15)11-9-13-7-8-14(11)19(16,17)10-5-3-2-4-6-10/h2-6,11,13H,7-9H2,1H3/p+1/t11-/m0/s1. The summed E-state index contributed by atoms with van der Waals surface area (Å²) in [7, 11) is -2.39. The van der Waals surface area contributed by atoms with Crippen molar-refractivity contribution < 1.29 is 23.3 Å². The summed E-state index contributed by atoms with van der Waals surface area (Å²) in [6, 6.07) is 7.38. The van der Waals surface area contributed by atoms with Crippen molar-refractivity contribution in [3.63, 3.8) is 0 Å². The van der Waals surface area contributed by atoms with Gasteiger partial charge in [-0.2, -0.15) is 4.31 Å². The number of carbonyl (C=O) groups excluding carboxylic acids is 1. The molecule has 0 spiro atoms. The normalized spacial score (nSPS) is 21.0. The maximum Gasteiger partial charge on any atom is 0.330 e. The first-order valence-corrected chi connectivity index (χ1v) is 7.48. The maximum atomic E-state index is 12.5. The van der Waals surface area contributed by atoms with Crippen molar-refractivity contribution in [1.82, 2.24) is 4.31 Å². The summed E-state index contributed by atoms with van der Waals surface area (Å²) in [5.74, 6) is -0.518. The highest BCUT2D eigenvalue weighted by Gasteiger charge is 2.40. The lowest BCUT2D eigenvalue weighted by Gasteiger charge is -2.31. The molecule has 0 radical (unpaired) electrons. The first-order chi connectivity index (χ1) is 9.07. The summed E-state index contributed by atoms with van der Waals surface area (Å²) >= 11 is 0. The Morgan fingerprint density at radius 3 is 2.68 bits per heavy atom. The van der Waals surface area contributed by atoms with E-state index < -0.39 is 22.0 Å². The van der Waals surface area contributed by atoms with Crippen LogP contribution in [0.25, 0.3) is 0 Å². The molecule has 1 fully saturated rings. The number of methoxy groups -OCH3 is 1. The SMILES string of the molecule is COC(=O)[C@@H]1C[NH2+]CCN1S(=O)(=O)c1ccccc1. The summed E-state index contributed by atoms with van der Waals surface area (Å²) in [6.45, 7) is 1.33. The molecule has 7 heteroatoms. The number of carbonyl (C=O) groups is 1. The molecule has 2 rings (SSSR count). The summed E-state index contributed by atoms with van der Waals surface area (Å²) in [6.07, 6.45) is 0. The van der Waals surface area contributed by atoms with Crippen LogP contribution in [0.3, 0.4) is 0 Å². The smallest absolute Gasteiger partial charge is 0.330 e. The van der Waals surface area contributed by atoms with E-state index in [1.165, 1.54) is 23.5 Å². The van der Waals surface area contributed by atoms with E-state index in [1.807, 2.05) is 5.32 Å². The maximum absolute atomic E-state index is 12.5. The zero-order chi connectivity index (χ0) is 13.9. The first-order valence-electron chi connectivity index (χ1n) is 6.04. The number of benzene rings is 1. The van der Waals surface area contributed by atoms with Crippen LogP contribution in [0, 0.1) is 0 Å². The number of hydrogen-bond acceptors (Lipinski definition) is 4. The molecule has 1 aliphatic heterocycles. The summed E-state index contributed by atoms with van der Waals surface area (Å²) in [4.78, 5) is 11.9. The third-order valence-corrected chi connectivity index (χ3v) is 5.04. The van der Waals surface area contributed by atoms with Crippen molar-refractivity contribution in [3.8, 4) is 0 Å². The van der Waals surface area contributed by atoms with Gasteiger partial charge in [0.1, 0.15) is 6.54 Å². The van der Waals surface area contributed by atoms with Gasteiger partial charge in [0.15, 0.2) is 6.04 Å². The number of quaternary nitrogens is 1. The zero-order valence-electron chi connectivity index (χ0n) is 10.7. The highest BCUT2D eigenvalue weighted by molar-refractivity contribution is 7.89. The molecule has 0 aliphatic carbocycles. The van der Waals surface area contributed by atoms with Gasteiger partial charge in [-0.1, -0.05) is 18.2 Å². The second-order valence-electron chi connectivity index (χ2n) is 4.28. The predicted octanol–water partition coefficient (Wildman–Crippen LogP) is -1.20. The molecule has 1 atom stereocenters. The third kappa shape index (κ3) is 2.78. The fourth-order valence-corrected chi connectivity index (χ4v) is 3.76. The number of nitrogens with two attached hydrogens (primary N) is 1. The largest absolute Gasteiger partial charge is 0.468 e. The summed E-state index contributed by atoms with van der Waals surface area (Å²) in [5.41, 5.74) is 0. The molecule has 0 amide bonds. The molecule has 1 aliphatic rings. The van der Waals surface area contributed by atoms with Crippen molar-refractivity contribution in [2.24, 2.45) is 0 Å². The molecule has 1 heterocycles. The minimum absolute atomic E-state index is 0.200. The molecule has 1 saturated heterocycles. The Labute approximate surface area is 112 Å². The third-order valence-electron chi connectivity index (χ3n) is 3.11. The Morgan fingerprint density at radius 1 is 1.37 bits per heavy atom. The zero-order valence-corrected chi connectivity index (χ0v) is 11.5. The van der Waals surface area contributed by atoms with Gasteiger partial charge in [0.05, 0.1) is 25.1 Å². The van der Waals surface area contributed by atoms with Crippen LogP contribution in [-0.2, 0) is 19.6 Å². The summed E-state index contributed by atoms with van der Waals surface area (Å²) in [5, 5.41) is 1.92. The second-order valence-corrected chi connectivity index (χ2v) is 6.17.